The highest BCUT2D eigenvalue weighted by Crippen LogP contribution is 2.25. The van der Waals surface area contributed by atoms with Crippen molar-refractivity contribution in [3.8, 4) is 17.0 Å². The minimum absolute atomic E-state index is 0.106. The van der Waals surface area contributed by atoms with Crippen LogP contribution in [-0.2, 0) is 13.1 Å². The first-order valence-corrected chi connectivity index (χ1v) is 10.8. The average Bonchev–Trinajstić information content (AvgIpc) is 3.44. The lowest BCUT2D eigenvalue weighted by atomic mass is 9.89. The number of fused-ring (bicyclic) bond motifs is 1. The molecule has 1 aromatic carbocycles. The van der Waals surface area contributed by atoms with Gasteiger partial charge in [-0.1, -0.05) is 36.6 Å². The van der Waals surface area contributed by atoms with Crippen LogP contribution >= 0.6 is 0 Å². The summed E-state index contributed by atoms with van der Waals surface area (Å²) >= 11 is 0. The van der Waals surface area contributed by atoms with Gasteiger partial charge in [0.1, 0.15) is 17.0 Å². The van der Waals surface area contributed by atoms with Gasteiger partial charge in [-0.2, -0.15) is 5.10 Å². The van der Waals surface area contributed by atoms with Crippen LogP contribution in [0.3, 0.4) is 0 Å². The van der Waals surface area contributed by atoms with Crippen LogP contribution in [0.15, 0.2) is 53.7 Å². The monoisotopic (exact) mass is 418 g/mol. The van der Waals surface area contributed by atoms with E-state index in [0.717, 1.165) is 29.2 Å². The molecular formula is C23H26N6O2. The van der Waals surface area contributed by atoms with Crippen LogP contribution in [0.4, 0.5) is 0 Å². The van der Waals surface area contributed by atoms with Crippen molar-refractivity contribution in [1.82, 2.24) is 29.2 Å². The van der Waals surface area contributed by atoms with Crippen molar-refractivity contribution in [2.24, 2.45) is 5.92 Å². The normalized spacial score (nSPS) is 14.9. The Bertz CT molecular complexity index is 1250. The van der Waals surface area contributed by atoms with Gasteiger partial charge >= 0.3 is 0 Å². The molecule has 0 spiro atoms. The van der Waals surface area contributed by atoms with Crippen LogP contribution in [0, 0.1) is 5.92 Å². The highest BCUT2D eigenvalue weighted by Gasteiger charge is 2.15. The van der Waals surface area contributed by atoms with E-state index in [1.807, 2.05) is 41.2 Å². The molecule has 8 heteroatoms. The van der Waals surface area contributed by atoms with Crippen molar-refractivity contribution >= 4 is 5.52 Å². The smallest absolute Gasteiger partial charge is 0.276 e. The standard InChI is InChI=1S/C23H26N6O2/c1-31-20-9-5-8-18(12-20)21-13-22-23(30)27(10-11-29(22)25-21)15-19-16-28(26-24-19)14-17-6-3-2-4-7-17/h5,8-13,16-17H,2-4,6-7,14-15H2,1H3. The molecule has 8 nitrogen and oxygen atoms in total. The Morgan fingerprint density at radius 2 is 2.00 bits per heavy atom. The summed E-state index contributed by atoms with van der Waals surface area (Å²) in [6, 6.07) is 9.47. The fourth-order valence-electron chi connectivity index (χ4n) is 4.38. The predicted octanol–water partition coefficient (Wildman–Crippen LogP) is 3.39. The Kier molecular flexibility index (Phi) is 5.28. The molecule has 160 valence electrons. The molecule has 0 amide bonds. The van der Waals surface area contributed by atoms with E-state index in [1.165, 1.54) is 32.1 Å². The highest BCUT2D eigenvalue weighted by molar-refractivity contribution is 5.66. The van der Waals surface area contributed by atoms with Gasteiger partial charge in [-0.25, -0.2) is 4.52 Å². The third kappa shape index (κ3) is 4.10. The number of ether oxygens (including phenoxy) is 1. The van der Waals surface area contributed by atoms with Crippen LogP contribution in [0.2, 0.25) is 0 Å². The largest absolute Gasteiger partial charge is 0.497 e. The quantitative estimate of drug-likeness (QED) is 0.480. The van der Waals surface area contributed by atoms with Crippen molar-refractivity contribution < 1.29 is 4.74 Å². The molecule has 1 aliphatic rings. The molecule has 0 aliphatic heterocycles. The lowest BCUT2D eigenvalue weighted by Crippen LogP contribution is -2.22. The summed E-state index contributed by atoms with van der Waals surface area (Å²) in [6.07, 6.45) is 12.0. The van der Waals surface area contributed by atoms with E-state index in [1.54, 1.807) is 28.6 Å². The van der Waals surface area contributed by atoms with Gasteiger partial charge in [0, 0.05) is 24.5 Å². The van der Waals surface area contributed by atoms with Gasteiger partial charge in [0.05, 0.1) is 25.5 Å². The lowest BCUT2D eigenvalue weighted by Gasteiger charge is -2.20. The molecule has 1 fully saturated rings. The first-order chi connectivity index (χ1) is 15.2. The molecule has 3 aromatic heterocycles. The molecule has 3 heterocycles. The number of rotatable bonds is 6. The highest BCUT2D eigenvalue weighted by atomic mass is 16.5. The summed E-state index contributed by atoms with van der Waals surface area (Å²) in [5, 5.41) is 13.1. The molecule has 31 heavy (non-hydrogen) atoms. The summed E-state index contributed by atoms with van der Waals surface area (Å²) in [4.78, 5) is 13.0. The second kappa shape index (κ2) is 8.37. The molecule has 1 aliphatic carbocycles. The van der Waals surface area contributed by atoms with Gasteiger partial charge in [0.15, 0.2) is 0 Å². The van der Waals surface area contributed by atoms with Gasteiger partial charge in [-0.05, 0) is 37.0 Å². The van der Waals surface area contributed by atoms with Crippen molar-refractivity contribution in [3.05, 3.63) is 65.0 Å². The predicted molar refractivity (Wildman–Crippen MR) is 117 cm³/mol. The molecule has 0 radical (unpaired) electrons. The second-order valence-electron chi connectivity index (χ2n) is 8.26. The van der Waals surface area contributed by atoms with Gasteiger partial charge in [-0.15, -0.1) is 5.10 Å². The number of hydrogen-bond acceptors (Lipinski definition) is 5. The van der Waals surface area contributed by atoms with Gasteiger partial charge in [0.25, 0.3) is 5.56 Å². The Morgan fingerprint density at radius 1 is 1.13 bits per heavy atom. The van der Waals surface area contributed by atoms with Crippen LogP contribution < -0.4 is 10.3 Å². The molecule has 0 N–H and O–H groups in total. The van der Waals surface area contributed by atoms with Gasteiger partial charge in [0.2, 0.25) is 0 Å². The van der Waals surface area contributed by atoms with E-state index < -0.39 is 0 Å². The van der Waals surface area contributed by atoms with E-state index >= 15 is 0 Å². The molecule has 5 rings (SSSR count). The number of methoxy groups -OCH3 is 1. The zero-order chi connectivity index (χ0) is 21.2. The third-order valence-electron chi connectivity index (χ3n) is 6.06. The summed E-state index contributed by atoms with van der Waals surface area (Å²) < 4.78 is 10.5. The van der Waals surface area contributed by atoms with E-state index in [4.69, 9.17) is 4.74 Å². The summed E-state index contributed by atoms with van der Waals surface area (Å²) in [5.41, 5.74) is 2.84. The molecule has 4 aromatic rings. The Morgan fingerprint density at radius 3 is 2.84 bits per heavy atom. The van der Waals surface area contributed by atoms with Gasteiger partial charge in [-0.3, -0.25) is 9.48 Å². The third-order valence-corrected chi connectivity index (χ3v) is 6.06. The number of nitrogens with zero attached hydrogens (tertiary/aromatic N) is 6. The first-order valence-electron chi connectivity index (χ1n) is 10.8. The van der Waals surface area contributed by atoms with E-state index in [9.17, 15) is 4.79 Å². The lowest BCUT2D eigenvalue weighted by molar-refractivity contribution is 0.305. The maximum absolute atomic E-state index is 13.0. The minimum Gasteiger partial charge on any atom is -0.497 e. The Labute approximate surface area is 180 Å². The number of aromatic nitrogens is 6. The first kappa shape index (κ1) is 19.5. The molecular weight excluding hydrogens is 392 g/mol. The zero-order valence-corrected chi connectivity index (χ0v) is 17.6. The van der Waals surface area contributed by atoms with E-state index in [-0.39, 0.29) is 5.56 Å². The Balaban J connectivity index is 1.37. The molecule has 0 unspecified atom stereocenters. The second-order valence-corrected chi connectivity index (χ2v) is 8.26. The fraction of sp³-hybridized carbons (Fsp3) is 0.391. The van der Waals surface area contributed by atoms with Crippen molar-refractivity contribution in [2.45, 2.75) is 45.2 Å². The van der Waals surface area contributed by atoms with E-state index in [0.29, 0.717) is 18.0 Å². The number of benzene rings is 1. The summed E-state index contributed by atoms with van der Waals surface area (Å²) in [6.45, 7) is 1.30. The van der Waals surface area contributed by atoms with Crippen LogP contribution in [0.1, 0.15) is 37.8 Å². The minimum atomic E-state index is -0.106. The maximum Gasteiger partial charge on any atom is 0.276 e. The van der Waals surface area contributed by atoms with Gasteiger partial charge < -0.3 is 9.30 Å². The molecule has 0 bridgehead atoms. The molecule has 1 saturated carbocycles. The van der Waals surface area contributed by atoms with Crippen molar-refractivity contribution in [2.75, 3.05) is 7.11 Å². The maximum atomic E-state index is 13.0. The SMILES string of the molecule is COc1cccc(-c2cc3c(=O)n(Cc4cn(CC5CCCCC5)nn4)ccn3n2)c1. The van der Waals surface area contributed by atoms with Crippen molar-refractivity contribution in [3.63, 3.8) is 0 Å². The summed E-state index contributed by atoms with van der Waals surface area (Å²) in [7, 11) is 1.63. The zero-order valence-electron chi connectivity index (χ0n) is 17.6. The van der Waals surface area contributed by atoms with Crippen LogP contribution in [0.5, 0.6) is 5.75 Å². The molecule has 0 atom stereocenters. The van der Waals surface area contributed by atoms with Crippen LogP contribution in [-0.4, -0.2) is 36.3 Å². The topological polar surface area (TPSA) is 79.2 Å². The average molecular weight is 419 g/mol. The summed E-state index contributed by atoms with van der Waals surface area (Å²) in [5.74, 6) is 1.44. The van der Waals surface area contributed by atoms with Crippen molar-refractivity contribution in [1.29, 1.82) is 0 Å². The van der Waals surface area contributed by atoms with Crippen LogP contribution in [0.25, 0.3) is 16.8 Å². The Hall–Kier alpha value is -3.42. The molecule has 0 saturated heterocycles. The number of hydrogen-bond donors (Lipinski definition) is 0. The fourth-order valence-corrected chi connectivity index (χ4v) is 4.38. The van der Waals surface area contributed by atoms with E-state index in [2.05, 4.69) is 15.4 Å².